The molecule has 1 fully saturated rings. The number of hydrogen-bond acceptors (Lipinski definition) is 4. The zero-order chi connectivity index (χ0) is 18.8. The maximum atomic E-state index is 12.4. The summed E-state index contributed by atoms with van der Waals surface area (Å²) in [6.45, 7) is 1.42. The summed E-state index contributed by atoms with van der Waals surface area (Å²) in [6, 6.07) is 12.1. The molecular formula is C19H18BrN3O4. The highest BCUT2D eigenvalue weighted by atomic mass is 79.9. The van der Waals surface area contributed by atoms with E-state index < -0.39 is 0 Å². The predicted octanol–water partition coefficient (Wildman–Crippen LogP) is 3.15. The summed E-state index contributed by atoms with van der Waals surface area (Å²) in [5.41, 5.74) is 1.41. The molecule has 0 saturated carbocycles. The van der Waals surface area contributed by atoms with Gasteiger partial charge in [-0.2, -0.15) is 0 Å². The Kier molecular flexibility index (Phi) is 4.89. The standard InChI is InChI=1S/C19H18BrN3O4/c20-12-2-1-3-13(8-12)21-19(25)22-14-9-18(24)23(11-14)15-4-5-16-17(10-15)27-7-6-26-16/h1-5,8,10,14H,6-7,9,11H2,(H2,21,22,25)/t14-/m1/s1. The second-order valence-corrected chi connectivity index (χ2v) is 7.26. The number of rotatable bonds is 3. The zero-order valence-corrected chi connectivity index (χ0v) is 16.0. The van der Waals surface area contributed by atoms with Crippen molar-refractivity contribution in [3.63, 3.8) is 0 Å². The first-order chi connectivity index (χ1) is 13.1. The van der Waals surface area contributed by atoms with Gasteiger partial charge in [-0.25, -0.2) is 4.79 Å². The van der Waals surface area contributed by atoms with E-state index >= 15 is 0 Å². The van der Waals surface area contributed by atoms with E-state index in [1.165, 1.54) is 0 Å². The molecule has 2 aromatic carbocycles. The number of amides is 3. The average molecular weight is 432 g/mol. The van der Waals surface area contributed by atoms with Crippen LogP contribution in [-0.2, 0) is 4.79 Å². The zero-order valence-electron chi connectivity index (χ0n) is 14.4. The van der Waals surface area contributed by atoms with Gasteiger partial charge in [-0.3, -0.25) is 4.79 Å². The van der Waals surface area contributed by atoms with Gasteiger partial charge in [0.1, 0.15) is 13.2 Å². The number of anilines is 2. The summed E-state index contributed by atoms with van der Waals surface area (Å²) in [5, 5.41) is 5.63. The van der Waals surface area contributed by atoms with Crippen LogP contribution in [0.5, 0.6) is 11.5 Å². The summed E-state index contributed by atoms with van der Waals surface area (Å²) in [6.07, 6.45) is 0.250. The maximum Gasteiger partial charge on any atom is 0.319 e. The molecular weight excluding hydrogens is 414 g/mol. The molecule has 0 spiro atoms. The normalized spacial score (nSPS) is 18.3. The second-order valence-electron chi connectivity index (χ2n) is 6.34. The van der Waals surface area contributed by atoms with Gasteiger partial charge in [0, 0.05) is 34.9 Å². The van der Waals surface area contributed by atoms with Gasteiger partial charge in [-0.15, -0.1) is 0 Å². The monoisotopic (exact) mass is 431 g/mol. The lowest BCUT2D eigenvalue weighted by atomic mass is 10.2. The minimum atomic E-state index is -0.338. The maximum absolute atomic E-state index is 12.4. The van der Waals surface area contributed by atoms with Crippen molar-refractivity contribution in [1.82, 2.24) is 5.32 Å². The largest absolute Gasteiger partial charge is 0.486 e. The van der Waals surface area contributed by atoms with Crippen molar-refractivity contribution in [3.05, 3.63) is 46.9 Å². The van der Waals surface area contributed by atoms with E-state index in [9.17, 15) is 9.59 Å². The molecule has 2 aromatic rings. The lowest BCUT2D eigenvalue weighted by Crippen LogP contribution is -2.39. The summed E-state index contributed by atoms with van der Waals surface area (Å²) in [7, 11) is 0. The Morgan fingerprint density at radius 3 is 2.74 bits per heavy atom. The van der Waals surface area contributed by atoms with Gasteiger partial charge in [0.15, 0.2) is 11.5 Å². The average Bonchev–Trinajstić information content (AvgIpc) is 3.01. The van der Waals surface area contributed by atoms with Crippen LogP contribution in [0.25, 0.3) is 0 Å². The second kappa shape index (κ2) is 7.48. The number of nitrogens with one attached hydrogen (secondary N) is 2. The first-order valence-electron chi connectivity index (χ1n) is 8.61. The Balaban J connectivity index is 1.39. The van der Waals surface area contributed by atoms with E-state index in [0.29, 0.717) is 36.9 Å². The highest BCUT2D eigenvalue weighted by Crippen LogP contribution is 2.35. The lowest BCUT2D eigenvalue weighted by molar-refractivity contribution is -0.117. The molecule has 0 bridgehead atoms. The summed E-state index contributed by atoms with van der Waals surface area (Å²) in [5.74, 6) is 1.27. The molecule has 27 heavy (non-hydrogen) atoms. The fourth-order valence-electron chi connectivity index (χ4n) is 3.17. The quantitative estimate of drug-likeness (QED) is 0.781. The third kappa shape index (κ3) is 4.00. The summed E-state index contributed by atoms with van der Waals surface area (Å²) in [4.78, 5) is 26.3. The topological polar surface area (TPSA) is 79.9 Å². The summed E-state index contributed by atoms with van der Waals surface area (Å²) < 4.78 is 12.0. The molecule has 0 aliphatic carbocycles. The molecule has 1 atom stereocenters. The summed E-state index contributed by atoms with van der Waals surface area (Å²) >= 11 is 3.37. The van der Waals surface area contributed by atoms with Crippen molar-refractivity contribution in [3.8, 4) is 11.5 Å². The van der Waals surface area contributed by atoms with Crippen LogP contribution in [0.2, 0.25) is 0 Å². The smallest absolute Gasteiger partial charge is 0.319 e. The Labute approximate surface area is 164 Å². The van der Waals surface area contributed by atoms with Crippen LogP contribution < -0.4 is 25.0 Å². The van der Waals surface area contributed by atoms with Crippen molar-refractivity contribution in [2.24, 2.45) is 0 Å². The van der Waals surface area contributed by atoms with Gasteiger partial charge >= 0.3 is 6.03 Å². The van der Waals surface area contributed by atoms with E-state index in [1.54, 1.807) is 29.2 Å². The van der Waals surface area contributed by atoms with E-state index in [1.807, 2.05) is 18.2 Å². The van der Waals surface area contributed by atoms with Crippen molar-refractivity contribution in [2.75, 3.05) is 30.0 Å². The van der Waals surface area contributed by atoms with E-state index in [4.69, 9.17) is 9.47 Å². The molecule has 4 rings (SSSR count). The Hall–Kier alpha value is -2.74. The molecule has 2 aliphatic heterocycles. The number of nitrogens with zero attached hydrogens (tertiary/aromatic N) is 1. The van der Waals surface area contributed by atoms with Crippen LogP contribution in [0.3, 0.4) is 0 Å². The van der Waals surface area contributed by atoms with Gasteiger partial charge in [0.25, 0.3) is 0 Å². The third-order valence-electron chi connectivity index (χ3n) is 4.38. The molecule has 2 heterocycles. The van der Waals surface area contributed by atoms with Crippen molar-refractivity contribution >= 4 is 39.2 Å². The van der Waals surface area contributed by atoms with Crippen molar-refractivity contribution in [2.45, 2.75) is 12.5 Å². The van der Waals surface area contributed by atoms with Gasteiger partial charge in [-0.1, -0.05) is 22.0 Å². The SMILES string of the molecule is O=C(Nc1cccc(Br)c1)N[C@@H]1CC(=O)N(c2ccc3c(c2)OCCO3)C1. The van der Waals surface area contributed by atoms with E-state index in [2.05, 4.69) is 26.6 Å². The minimum absolute atomic E-state index is 0.0422. The van der Waals surface area contributed by atoms with Crippen LogP contribution >= 0.6 is 15.9 Å². The van der Waals surface area contributed by atoms with Gasteiger partial charge < -0.3 is 25.0 Å². The van der Waals surface area contributed by atoms with E-state index in [-0.39, 0.29) is 24.4 Å². The molecule has 8 heteroatoms. The number of fused-ring (bicyclic) bond motifs is 1. The first-order valence-corrected chi connectivity index (χ1v) is 9.41. The molecule has 2 aliphatic rings. The number of hydrogen-bond donors (Lipinski definition) is 2. The molecule has 0 unspecified atom stereocenters. The molecule has 0 radical (unpaired) electrons. The number of carbonyl (C=O) groups excluding carboxylic acids is 2. The minimum Gasteiger partial charge on any atom is -0.486 e. The molecule has 140 valence electrons. The highest BCUT2D eigenvalue weighted by molar-refractivity contribution is 9.10. The molecule has 3 amide bonds. The van der Waals surface area contributed by atoms with Crippen LogP contribution in [0.4, 0.5) is 16.2 Å². The number of urea groups is 1. The molecule has 7 nitrogen and oxygen atoms in total. The Bertz CT molecular complexity index is 889. The van der Waals surface area contributed by atoms with Crippen LogP contribution in [0, 0.1) is 0 Å². The Morgan fingerprint density at radius 1 is 1.11 bits per heavy atom. The molecule has 1 saturated heterocycles. The van der Waals surface area contributed by atoms with Crippen molar-refractivity contribution in [1.29, 1.82) is 0 Å². The lowest BCUT2D eigenvalue weighted by Gasteiger charge is -2.22. The fourth-order valence-corrected chi connectivity index (χ4v) is 3.57. The van der Waals surface area contributed by atoms with Gasteiger partial charge in [0.05, 0.1) is 6.04 Å². The van der Waals surface area contributed by atoms with E-state index in [0.717, 1.165) is 10.2 Å². The highest BCUT2D eigenvalue weighted by Gasteiger charge is 2.32. The number of carbonyl (C=O) groups is 2. The first kappa shape index (κ1) is 17.7. The van der Waals surface area contributed by atoms with Crippen LogP contribution in [0.1, 0.15) is 6.42 Å². The Morgan fingerprint density at radius 2 is 1.93 bits per heavy atom. The fraction of sp³-hybridized carbons (Fsp3) is 0.263. The van der Waals surface area contributed by atoms with Gasteiger partial charge in [0.2, 0.25) is 5.91 Å². The number of ether oxygens (including phenoxy) is 2. The predicted molar refractivity (Wildman–Crippen MR) is 104 cm³/mol. The van der Waals surface area contributed by atoms with Crippen LogP contribution in [0.15, 0.2) is 46.9 Å². The third-order valence-corrected chi connectivity index (χ3v) is 4.87. The van der Waals surface area contributed by atoms with Crippen LogP contribution in [-0.4, -0.2) is 37.7 Å². The van der Waals surface area contributed by atoms with Gasteiger partial charge in [-0.05, 0) is 30.3 Å². The van der Waals surface area contributed by atoms with Crippen molar-refractivity contribution < 1.29 is 19.1 Å². The molecule has 2 N–H and O–H groups in total. The molecule has 0 aromatic heterocycles. The number of halogens is 1. The number of benzene rings is 2.